The summed E-state index contributed by atoms with van der Waals surface area (Å²) in [5.74, 6) is 0. The number of rotatable bonds is 36. The van der Waals surface area contributed by atoms with Crippen LogP contribution in [0.5, 0.6) is 0 Å². The first-order valence-corrected chi connectivity index (χ1v) is 36.3. The number of nitrogens with zero attached hydrogens (tertiary/aromatic N) is 1. The van der Waals surface area contributed by atoms with Crippen LogP contribution in [0.3, 0.4) is 0 Å². The first-order chi connectivity index (χ1) is 51.9. The molecule has 10 aromatic carbocycles. The van der Waals surface area contributed by atoms with Crippen LogP contribution in [-0.4, -0.2) is 117 Å². The van der Waals surface area contributed by atoms with E-state index < -0.39 is 91.8 Å². The van der Waals surface area contributed by atoms with Crippen molar-refractivity contribution < 1.29 is 71.1 Å². The molecule has 0 aliphatic carbocycles. The van der Waals surface area contributed by atoms with Crippen LogP contribution in [0.25, 0.3) is 0 Å². The minimum absolute atomic E-state index is 0.0110. The average molecular weight is 1420 g/mol. The summed E-state index contributed by atoms with van der Waals surface area (Å²) in [6.45, 7) is 3.63. The van der Waals surface area contributed by atoms with Gasteiger partial charge in [-0.25, -0.2) is 4.79 Å². The molecule has 0 unspecified atom stereocenters. The molecule has 544 valence electrons. The Morgan fingerprint density at radius 3 is 0.886 bits per heavy atom. The van der Waals surface area contributed by atoms with Crippen LogP contribution in [0.2, 0.25) is 0 Å². The van der Waals surface area contributed by atoms with Gasteiger partial charge in [-0.2, -0.15) is 0 Å². The van der Waals surface area contributed by atoms with Gasteiger partial charge in [0.25, 0.3) is 0 Å². The van der Waals surface area contributed by atoms with E-state index in [0.29, 0.717) is 0 Å². The van der Waals surface area contributed by atoms with Crippen molar-refractivity contribution in [2.75, 3.05) is 19.8 Å². The van der Waals surface area contributed by atoms with Gasteiger partial charge in [0.15, 0.2) is 12.6 Å². The number of carbonyl (C=O) groups is 1. The third-order valence-electron chi connectivity index (χ3n) is 19.0. The van der Waals surface area contributed by atoms with E-state index in [4.69, 9.17) is 66.3 Å². The maximum atomic E-state index is 15.6. The molecule has 1 amide bonds. The lowest BCUT2D eigenvalue weighted by Crippen LogP contribution is -2.66. The van der Waals surface area contributed by atoms with Crippen LogP contribution in [0, 0.1) is 0 Å². The van der Waals surface area contributed by atoms with E-state index in [1.54, 1.807) is 4.90 Å². The molecular weight excluding hydrogens is 1320 g/mol. The molecule has 10 aromatic rings. The van der Waals surface area contributed by atoms with Crippen molar-refractivity contribution in [3.63, 3.8) is 0 Å². The molecule has 0 aromatic heterocycles. The predicted molar refractivity (Wildman–Crippen MR) is 397 cm³/mol. The number of hydrogen-bond donors (Lipinski definition) is 0. The summed E-state index contributed by atoms with van der Waals surface area (Å²) in [5.41, 5.74) is 9.19. The highest BCUT2D eigenvalue weighted by Gasteiger charge is 2.59. The van der Waals surface area contributed by atoms with Gasteiger partial charge in [-0.1, -0.05) is 303 Å². The second-order valence-electron chi connectivity index (χ2n) is 26.6. The summed E-state index contributed by atoms with van der Waals surface area (Å²) in [7, 11) is 0. The van der Waals surface area contributed by atoms with E-state index in [1.165, 1.54) is 0 Å². The van der Waals surface area contributed by atoms with Gasteiger partial charge in [-0.3, -0.25) is 4.90 Å². The predicted octanol–water partition coefficient (Wildman–Crippen LogP) is 15.8. The molecule has 3 saturated heterocycles. The Labute approximate surface area is 616 Å². The molecule has 16 nitrogen and oxygen atoms in total. The molecule has 105 heavy (non-hydrogen) atoms. The summed E-state index contributed by atoms with van der Waals surface area (Å²) in [4.78, 5) is 17.3. The highest BCUT2D eigenvalue weighted by Crippen LogP contribution is 2.41. The minimum atomic E-state index is -1.32. The van der Waals surface area contributed by atoms with Crippen molar-refractivity contribution in [1.82, 2.24) is 4.90 Å². The van der Waals surface area contributed by atoms with Gasteiger partial charge in [0.1, 0.15) is 61.5 Å². The third-order valence-corrected chi connectivity index (χ3v) is 19.0. The van der Waals surface area contributed by atoms with Gasteiger partial charge in [0, 0.05) is 0 Å². The monoisotopic (exact) mass is 1420 g/mol. The normalized spacial score (nSPS) is 23.8. The van der Waals surface area contributed by atoms with Crippen molar-refractivity contribution in [3.05, 3.63) is 359 Å². The zero-order valence-corrected chi connectivity index (χ0v) is 59.2. The fourth-order valence-corrected chi connectivity index (χ4v) is 13.6. The van der Waals surface area contributed by atoms with Gasteiger partial charge in [0.2, 0.25) is 0 Å². The Morgan fingerprint density at radius 2 is 0.533 bits per heavy atom. The standard InChI is InChI=1S/C89H93NO15/c1-65-79(95-55-69-38-18-5-19-39-69)83(97-57-71-42-22-7-23-43-71)85(99-59-73-46-26-9-27-47-73)87(102-65)105-82-78(64-94-54-68-36-16-4-17-37-68)103-88(86(100-60-74-48-28-10-29-49-74)84(82)98-58-72-44-24-8-25-45-72)104-81-77(63-93-53-67-34-14-3-15-35-67)90(89(91)101-61-75-50-30-11-31-51-75)76(62-92-52-66-32-12-2-13-33-66)80(81)96-56-70-40-20-6-21-41-70/h2-51,65,76-88H,52-64H2,1H3/t65-,76-,77+,78-,79-,80+,81-,82-,83+,84+,85-,86-,87+,88-/m1/s1. The second-order valence-corrected chi connectivity index (χ2v) is 26.6. The fourth-order valence-electron chi connectivity index (χ4n) is 13.6. The largest absolute Gasteiger partial charge is 0.445 e. The molecule has 13 rings (SSSR count). The molecule has 0 saturated carbocycles. The number of likely N-dealkylation sites (tertiary alicyclic amines) is 1. The van der Waals surface area contributed by atoms with Crippen molar-refractivity contribution in [2.45, 2.75) is 159 Å². The minimum Gasteiger partial charge on any atom is -0.445 e. The van der Waals surface area contributed by atoms with E-state index in [-0.39, 0.29) is 85.9 Å². The van der Waals surface area contributed by atoms with Gasteiger partial charge in [0.05, 0.1) is 97.5 Å². The van der Waals surface area contributed by atoms with Gasteiger partial charge < -0.3 is 66.3 Å². The lowest BCUT2D eigenvalue weighted by molar-refractivity contribution is -0.379. The molecular formula is C89H93NO15. The number of carbonyl (C=O) groups excluding carboxylic acids is 1. The van der Waals surface area contributed by atoms with Crippen LogP contribution in [0.4, 0.5) is 4.79 Å². The lowest BCUT2D eigenvalue weighted by Gasteiger charge is -2.50. The Hall–Kier alpha value is -9.05. The van der Waals surface area contributed by atoms with Crippen LogP contribution >= 0.6 is 0 Å². The lowest BCUT2D eigenvalue weighted by atomic mass is 9.95. The SMILES string of the molecule is C[C@H]1O[C@@H](O[C@H]2[C@H](OCc3ccccc3)[C@@H](OCc3ccccc3)[C@@H](O[C@H]3[C@@H](OCc4ccccc4)[C@@H](COCc4ccccc4)N(C(=O)OCc4ccccc4)[C@H]3COCc3ccccc3)O[C@@H]2COCc2ccccc2)[C@H](OCc2ccccc2)[C@@H](OCc2ccccc2)[C@@H]1OCc1ccccc1. The highest BCUT2D eigenvalue weighted by atomic mass is 16.8. The molecule has 0 bridgehead atoms. The molecule has 14 atom stereocenters. The summed E-state index contributed by atoms with van der Waals surface area (Å²) in [6, 6.07) is 97.7. The molecule has 0 radical (unpaired) electrons. The third kappa shape index (κ3) is 21.4. The van der Waals surface area contributed by atoms with Gasteiger partial charge in [-0.15, -0.1) is 0 Å². The van der Waals surface area contributed by atoms with Crippen molar-refractivity contribution in [1.29, 1.82) is 0 Å². The first-order valence-electron chi connectivity index (χ1n) is 36.3. The molecule has 16 heteroatoms. The van der Waals surface area contributed by atoms with E-state index in [0.717, 1.165) is 55.6 Å². The quantitative estimate of drug-likeness (QED) is 0.0366. The second kappa shape index (κ2) is 39.3. The number of ether oxygens (including phenoxy) is 14. The summed E-state index contributed by atoms with van der Waals surface area (Å²) in [6.07, 6.45) is -12.3. The van der Waals surface area contributed by atoms with Gasteiger partial charge >= 0.3 is 6.09 Å². The molecule has 3 heterocycles. The first kappa shape index (κ1) is 74.2. The van der Waals surface area contributed by atoms with Crippen LogP contribution in [-0.2, 0) is 132 Å². The van der Waals surface area contributed by atoms with Crippen molar-refractivity contribution >= 4 is 6.09 Å². The molecule has 0 spiro atoms. The van der Waals surface area contributed by atoms with E-state index in [1.807, 2.05) is 310 Å². The van der Waals surface area contributed by atoms with Crippen molar-refractivity contribution in [2.24, 2.45) is 0 Å². The summed E-state index contributed by atoms with van der Waals surface area (Å²) >= 11 is 0. The average Bonchev–Trinajstić information content (AvgIpc) is 1.70. The maximum Gasteiger partial charge on any atom is 0.410 e. The topological polar surface area (TPSA) is 150 Å². The maximum absolute atomic E-state index is 15.6. The Kier molecular flexibility index (Phi) is 27.8. The molecule has 3 aliphatic heterocycles. The molecule has 3 fully saturated rings. The Bertz CT molecular complexity index is 4060. The highest BCUT2D eigenvalue weighted by molar-refractivity contribution is 5.69. The number of benzene rings is 10. The number of amides is 1. The van der Waals surface area contributed by atoms with E-state index in [2.05, 4.69) is 0 Å². The smallest absolute Gasteiger partial charge is 0.410 e. The number of hydrogen-bond acceptors (Lipinski definition) is 15. The van der Waals surface area contributed by atoms with E-state index >= 15 is 4.79 Å². The van der Waals surface area contributed by atoms with Crippen LogP contribution in [0.15, 0.2) is 303 Å². The van der Waals surface area contributed by atoms with Crippen molar-refractivity contribution in [3.8, 4) is 0 Å². The summed E-state index contributed by atoms with van der Waals surface area (Å²) in [5, 5.41) is 0. The van der Waals surface area contributed by atoms with Gasteiger partial charge in [-0.05, 0) is 62.6 Å². The molecule has 3 aliphatic rings. The van der Waals surface area contributed by atoms with E-state index in [9.17, 15) is 0 Å². The Balaban J connectivity index is 0.929. The van der Waals surface area contributed by atoms with Crippen LogP contribution < -0.4 is 0 Å². The zero-order valence-electron chi connectivity index (χ0n) is 59.2. The summed E-state index contributed by atoms with van der Waals surface area (Å²) < 4.78 is 101. The molecule has 0 N–H and O–H groups in total. The fraction of sp³-hybridized carbons (Fsp3) is 0.315. The zero-order chi connectivity index (χ0) is 71.5. The van der Waals surface area contributed by atoms with Crippen LogP contribution in [0.1, 0.15) is 62.6 Å². The Morgan fingerprint density at radius 1 is 0.276 bits per heavy atom.